The largest absolute Gasteiger partial charge is 0.337 e. The van der Waals surface area contributed by atoms with Crippen molar-refractivity contribution in [1.29, 1.82) is 0 Å². The average Bonchev–Trinajstić information content (AvgIpc) is 2.80. The van der Waals surface area contributed by atoms with Crippen molar-refractivity contribution in [3.63, 3.8) is 0 Å². The van der Waals surface area contributed by atoms with Crippen LogP contribution < -0.4 is 10.6 Å². The van der Waals surface area contributed by atoms with Crippen molar-refractivity contribution in [3.8, 4) is 0 Å². The highest BCUT2D eigenvalue weighted by molar-refractivity contribution is 6.18. The maximum atomic E-state index is 11.5. The smallest absolute Gasteiger partial charge is 0.315 e. The Kier molecular flexibility index (Phi) is 4.63. The first-order valence-electron chi connectivity index (χ1n) is 6.21. The number of halogens is 1. The molecule has 0 aliphatic rings. The highest BCUT2D eigenvalue weighted by Crippen LogP contribution is 2.11. The molecule has 0 bridgehead atoms. The molecule has 102 valence electrons. The van der Waals surface area contributed by atoms with Gasteiger partial charge in [0.15, 0.2) is 0 Å². The maximum Gasteiger partial charge on any atom is 0.315 e. The van der Waals surface area contributed by atoms with Gasteiger partial charge in [-0.15, -0.1) is 11.6 Å². The number of imidazole rings is 1. The Morgan fingerprint density at radius 2 is 2.26 bits per heavy atom. The van der Waals surface area contributed by atoms with Gasteiger partial charge in [-0.3, -0.25) is 0 Å². The van der Waals surface area contributed by atoms with E-state index in [9.17, 15) is 4.79 Å². The van der Waals surface area contributed by atoms with E-state index in [1.807, 2.05) is 35.8 Å². The number of urea groups is 1. The van der Waals surface area contributed by atoms with Gasteiger partial charge in [-0.2, -0.15) is 0 Å². The van der Waals surface area contributed by atoms with Crippen LogP contribution in [0.2, 0.25) is 0 Å². The summed E-state index contributed by atoms with van der Waals surface area (Å²) < 4.78 is 2.03. The van der Waals surface area contributed by atoms with Crippen molar-refractivity contribution in [2.45, 2.75) is 19.5 Å². The monoisotopic (exact) mass is 280 g/mol. The molecule has 2 aromatic rings. The zero-order valence-electron chi connectivity index (χ0n) is 10.8. The molecule has 0 spiro atoms. The number of hydrogen-bond acceptors (Lipinski definition) is 2. The van der Waals surface area contributed by atoms with Crippen LogP contribution in [0.3, 0.4) is 0 Å². The molecule has 1 aromatic heterocycles. The molecular weight excluding hydrogens is 264 g/mol. The lowest BCUT2D eigenvalue weighted by atomic mass is 10.3. The molecule has 0 aliphatic carbocycles. The predicted molar refractivity (Wildman–Crippen MR) is 76.4 cm³/mol. The van der Waals surface area contributed by atoms with E-state index >= 15 is 0 Å². The fourth-order valence-corrected chi connectivity index (χ4v) is 2.03. The van der Waals surface area contributed by atoms with Gasteiger partial charge in [-0.05, 0) is 19.1 Å². The summed E-state index contributed by atoms with van der Waals surface area (Å²) in [6.45, 7) is 3.10. The number of hydrogen-bond donors (Lipinski definition) is 2. The molecule has 1 atom stereocenters. The molecule has 0 fully saturated rings. The van der Waals surface area contributed by atoms with E-state index in [0.29, 0.717) is 19.0 Å². The standard InChI is InChI=1S/C13H17ClN4O/c1-10(17-13(19)15-7-6-14)8-18-9-16-11-4-2-3-5-12(11)18/h2-5,9-10H,6-8H2,1H3,(H2,15,17,19). The molecule has 0 radical (unpaired) electrons. The molecule has 0 aliphatic heterocycles. The zero-order valence-corrected chi connectivity index (χ0v) is 11.5. The third kappa shape index (κ3) is 3.61. The number of para-hydroxylation sites is 2. The van der Waals surface area contributed by atoms with Gasteiger partial charge in [0.2, 0.25) is 0 Å². The molecule has 1 unspecified atom stereocenters. The molecule has 0 saturated heterocycles. The number of carbonyl (C=O) groups is 1. The quantitative estimate of drug-likeness (QED) is 0.823. The Morgan fingerprint density at radius 3 is 3.05 bits per heavy atom. The van der Waals surface area contributed by atoms with E-state index < -0.39 is 0 Å². The van der Waals surface area contributed by atoms with Crippen LogP contribution in [0, 0.1) is 0 Å². The molecule has 6 heteroatoms. The summed E-state index contributed by atoms with van der Waals surface area (Å²) in [6, 6.07) is 7.73. The molecule has 2 N–H and O–H groups in total. The van der Waals surface area contributed by atoms with Crippen LogP contribution in [0.15, 0.2) is 30.6 Å². The van der Waals surface area contributed by atoms with Gasteiger partial charge in [0.1, 0.15) is 0 Å². The number of nitrogens with zero attached hydrogens (tertiary/aromatic N) is 2. The fraction of sp³-hybridized carbons (Fsp3) is 0.385. The van der Waals surface area contributed by atoms with Crippen molar-refractivity contribution < 1.29 is 4.79 Å². The summed E-state index contributed by atoms with van der Waals surface area (Å²) in [6.07, 6.45) is 1.79. The lowest BCUT2D eigenvalue weighted by Gasteiger charge is -2.15. The minimum Gasteiger partial charge on any atom is -0.337 e. The first-order chi connectivity index (χ1) is 9.20. The van der Waals surface area contributed by atoms with E-state index in [-0.39, 0.29) is 12.1 Å². The van der Waals surface area contributed by atoms with E-state index in [4.69, 9.17) is 11.6 Å². The Balaban J connectivity index is 1.95. The lowest BCUT2D eigenvalue weighted by molar-refractivity contribution is 0.237. The van der Waals surface area contributed by atoms with Crippen LogP contribution >= 0.6 is 11.6 Å². The third-order valence-corrected chi connectivity index (χ3v) is 2.94. The summed E-state index contributed by atoms with van der Waals surface area (Å²) >= 11 is 5.51. The van der Waals surface area contributed by atoms with E-state index in [2.05, 4.69) is 15.6 Å². The molecular formula is C13H17ClN4O. The number of fused-ring (bicyclic) bond motifs is 1. The lowest BCUT2D eigenvalue weighted by Crippen LogP contribution is -2.43. The second-order valence-electron chi connectivity index (χ2n) is 4.38. The Bertz CT molecular complexity index is 554. The summed E-state index contributed by atoms with van der Waals surface area (Å²) in [5, 5.41) is 5.53. The van der Waals surface area contributed by atoms with Crippen molar-refractivity contribution in [3.05, 3.63) is 30.6 Å². The predicted octanol–water partition coefficient (Wildman–Crippen LogP) is 1.96. The fourth-order valence-electron chi connectivity index (χ4n) is 1.93. The van der Waals surface area contributed by atoms with Crippen LogP contribution in [0.25, 0.3) is 11.0 Å². The summed E-state index contributed by atoms with van der Waals surface area (Å²) in [5.41, 5.74) is 2.03. The summed E-state index contributed by atoms with van der Waals surface area (Å²) in [7, 11) is 0. The van der Waals surface area contributed by atoms with Crippen molar-refractivity contribution in [2.75, 3.05) is 12.4 Å². The molecule has 19 heavy (non-hydrogen) atoms. The molecule has 1 heterocycles. The molecule has 5 nitrogen and oxygen atoms in total. The van der Waals surface area contributed by atoms with E-state index in [1.54, 1.807) is 6.33 Å². The highest BCUT2D eigenvalue weighted by Gasteiger charge is 2.09. The van der Waals surface area contributed by atoms with Crippen LogP contribution in [0.5, 0.6) is 0 Å². The van der Waals surface area contributed by atoms with Crippen molar-refractivity contribution in [2.24, 2.45) is 0 Å². The van der Waals surface area contributed by atoms with Crippen LogP contribution in [0.4, 0.5) is 4.79 Å². The number of rotatable bonds is 5. The number of nitrogens with one attached hydrogen (secondary N) is 2. The van der Waals surface area contributed by atoms with Crippen LogP contribution in [-0.2, 0) is 6.54 Å². The first-order valence-corrected chi connectivity index (χ1v) is 6.74. The molecule has 1 aromatic carbocycles. The van der Waals surface area contributed by atoms with Gasteiger partial charge in [0.25, 0.3) is 0 Å². The second kappa shape index (κ2) is 6.43. The summed E-state index contributed by atoms with van der Waals surface area (Å²) in [5.74, 6) is 0.411. The van der Waals surface area contributed by atoms with Crippen molar-refractivity contribution >= 4 is 28.7 Å². The second-order valence-corrected chi connectivity index (χ2v) is 4.75. The summed E-state index contributed by atoms with van der Waals surface area (Å²) in [4.78, 5) is 15.8. The first kappa shape index (κ1) is 13.7. The maximum absolute atomic E-state index is 11.5. The van der Waals surface area contributed by atoms with E-state index in [1.165, 1.54) is 0 Å². The Hall–Kier alpha value is -1.75. The molecule has 2 amide bonds. The Labute approximate surface area is 117 Å². The molecule has 0 saturated carbocycles. The minimum atomic E-state index is -0.197. The number of benzene rings is 1. The number of alkyl halides is 1. The van der Waals surface area contributed by atoms with Gasteiger partial charge < -0.3 is 15.2 Å². The Morgan fingerprint density at radius 1 is 1.47 bits per heavy atom. The number of carbonyl (C=O) groups excluding carboxylic acids is 1. The topological polar surface area (TPSA) is 59.0 Å². The molecule has 2 rings (SSSR count). The SMILES string of the molecule is CC(Cn1cnc2ccccc21)NC(=O)NCCCl. The zero-order chi connectivity index (χ0) is 13.7. The minimum absolute atomic E-state index is 0.00734. The van der Waals surface area contributed by atoms with Gasteiger partial charge in [-0.25, -0.2) is 9.78 Å². The van der Waals surface area contributed by atoms with Gasteiger partial charge >= 0.3 is 6.03 Å². The number of aromatic nitrogens is 2. The van der Waals surface area contributed by atoms with Gasteiger partial charge in [0, 0.05) is 25.0 Å². The average molecular weight is 281 g/mol. The van der Waals surface area contributed by atoms with Crippen LogP contribution in [0.1, 0.15) is 6.92 Å². The third-order valence-electron chi connectivity index (χ3n) is 2.76. The van der Waals surface area contributed by atoms with Crippen LogP contribution in [-0.4, -0.2) is 34.0 Å². The van der Waals surface area contributed by atoms with E-state index in [0.717, 1.165) is 11.0 Å². The van der Waals surface area contributed by atoms with Crippen molar-refractivity contribution in [1.82, 2.24) is 20.2 Å². The normalized spacial score (nSPS) is 12.3. The van der Waals surface area contributed by atoms with Gasteiger partial charge in [0.05, 0.1) is 17.4 Å². The highest BCUT2D eigenvalue weighted by atomic mass is 35.5. The van der Waals surface area contributed by atoms with Gasteiger partial charge in [-0.1, -0.05) is 12.1 Å². The number of amides is 2.